The molecule has 10 nitrogen and oxygen atoms in total. The number of nitrogen functional groups attached to an aromatic ring is 1. The molecule has 1 amide bonds. The predicted molar refractivity (Wildman–Crippen MR) is 124 cm³/mol. The van der Waals surface area contributed by atoms with Crippen LogP contribution >= 0.6 is 0 Å². The summed E-state index contributed by atoms with van der Waals surface area (Å²) in [5.41, 5.74) is 14.0. The van der Waals surface area contributed by atoms with Crippen molar-refractivity contribution in [2.24, 2.45) is 10.7 Å². The lowest BCUT2D eigenvalue weighted by atomic mass is 10.1. The summed E-state index contributed by atoms with van der Waals surface area (Å²) in [4.78, 5) is 32.2. The molecule has 0 aromatic carbocycles. The highest BCUT2D eigenvalue weighted by Gasteiger charge is 2.37. The second kappa shape index (κ2) is 11.0. The van der Waals surface area contributed by atoms with Crippen LogP contribution in [0.4, 0.5) is 19.0 Å². The summed E-state index contributed by atoms with van der Waals surface area (Å²) in [5, 5.41) is 6.71. The fourth-order valence-electron chi connectivity index (χ4n) is 2.44. The number of rotatable bonds is 1. The lowest BCUT2D eigenvalue weighted by Gasteiger charge is -2.08. The quantitative estimate of drug-likeness (QED) is 0.268. The Kier molecular flexibility index (Phi) is 8.39. The molecule has 0 radical (unpaired) electrons. The number of nitrogens with zero attached hydrogens (tertiary/aromatic N) is 5. The van der Waals surface area contributed by atoms with Crippen LogP contribution in [0.3, 0.4) is 0 Å². The van der Waals surface area contributed by atoms with Crippen molar-refractivity contribution in [1.29, 1.82) is 5.41 Å². The summed E-state index contributed by atoms with van der Waals surface area (Å²) in [6.45, 7) is 7.60. The van der Waals surface area contributed by atoms with E-state index in [-0.39, 0.29) is 16.9 Å². The summed E-state index contributed by atoms with van der Waals surface area (Å²) in [5.74, 6) is 2.61. The van der Waals surface area contributed by atoms with Crippen molar-refractivity contribution in [2.75, 3.05) is 5.73 Å². The largest absolute Gasteiger partial charge is 0.468 e. The van der Waals surface area contributed by atoms with E-state index in [1.54, 1.807) is 6.92 Å². The Hall–Kier alpha value is -4.60. The first-order chi connectivity index (χ1) is 16.5. The van der Waals surface area contributed by atoms with E-state index in [1.807, 2.05) is 20.8 Å². The van der Waals surface area contributed by atoms with Gasteiger partial charge in [-0.25, -0.2) is 15.0 Å². The van der Waals surface area contributed by atoms with E-state index < -0.39 is 24.0 Å². The van der Waals surface area contributed by atoms with Crippen LogP contribution in [0, 0.1) is 31.1 Å². The van der Waals surface area contributed by atoms with Gasteiger partial charge in [-0.05, 0) is 19.9 Å². The third-order valence-corrected chi connectivity index (χ3v) is 4.15. The minimum Gasteiger partial charge on any atom is -0.402 e. The van der Waals surface area contributed by atoms with E-state index in [0.29, 0.717) is 22.3 Å². The number of alkyl halides is 3. The van der Waals surface area contributed by atoms with Crippen LogP contribution in [-0.2, 0) is 4.74 Å². The standard InChI is InChI=1S/C20H15F3N8O2.C2H6/c1-9-10(2)30-15-13(16(24)28-8-14(15)29-9)4-3-11-5-12(7-27-6-11)17(32)31-19(26)33-18(25)20(21,22)23;1-2/h5-8,25H,1-2H3,(H2,24,28)(H2,26,31,32);1-2H3. The van der Waals surface area contributed by atoms with Crippen LogP contribution in [-0.4, -0.2) is 43.9 Å². The number of aryl methyl sites for hydroxylation is 2. The number of aliphatic imine (C=N–C) groups is 1. The molecule has 3 aromatic heterocycles. The van der Waals surface area contributed by atoms with Crippen molar-refractivity contribution in [3.05, 3.63) is 52.7 Å². The minimum absolute atomic E-state index is 0.123. The zero-order valence-electron chi connectivity index (χ0n) is 19.2. The van der Waals surface area contributed by atoms with Crippen LogP contribution in [0.5, 0.6) is 0 Å². The normalized spacial score (nSPS) is 11.1. The number of fused-ring (bicyclic) bond motifs is 1. The molecule has 3 aromatic rings. The average molecular weight is 486 g/mol. The lowest BCUT2D eigenvalue weighted by molar-refractivity contribution is -0.0729. The van der Waals surface area contributed by atoms with E-state index in [0.717, 1.165) is 11.9 Å². The highest BCUT2D eigenvalue weighted by Crippen LogP contribution is 2.20. The summed E-state index contributed by atoms with van der Waals surface area (Å²) >= 11 is 0. The smallest absolute Gasteiger partial charge is 0.402 e. The number of halogens is 3. The van der Waals surface area contributed by atoms with Crippen molar-refractivity contribution in [3.63, 3.8) is 0 Å². The van der Waals surface area contributed by atoms with Gasteiger partial charge in [0.2, 0.25) is 0 Å². The Balaban J connectivity index is 0.00000210. The molecule has 0 spiro atoms. The van der Waals surface area contributed by atoms with E-state index in [9.17, 15) is 18.0 Å². The number of amidine groups is 1. The third-order valence-electron chi connectivity index (χ3n) is 4.15. The molecule has 13 heteroatoms. The lowest BCUT2D eigenvalue weighted by Crippen LogP contribution is -2.31. The van der Waals surface area contributed by atoms with E-state index in [4.69, 9.17) is 16.9 Å². The van der Waals surface area contributed by atoms with Crippen LogP contribution in [0.2, 0.25) is 0 Å². The van der Waals surface area contributed by atoms with E-state index in [1.165, 1.54) is 18.5 Å². The van der Waals surface area contributed by atoms with Crippen molar-refractivity contribution >= 4 is 34.7 Å². The van der Waals surface area contributed by atoms with Crippen LogP contribution in [0.1, 0.15) is 46.7 Å². The monoisotopic (exact) mass is 486 g/mol. The number of amides is 1. The molecular formula is C22H21F3N8O2. The fourth-order valence-corrected chi connectivity index (χ4v) is 2.44. The maximum Gasteiger partial charge on any atom is 0.468 e. The van der Waals surface area contributed by atoms with Gasteiger partial charge in [-0.1, -0.05) is 25.7 Å². The van der Waals surface area contributed by atoms with Gasteiger partial charge in [-0.2, -0.15) is 18.2 Å². The third kappa shape index (κ3) is 6.70. The molecule has 0 atom stereocenters. The van der Waals surface area contributed by atoms with Crippen molar-refractivity contribution in [3.8, 4) is 11.8 Å². The Morgan fingerprint density at radius 1 is 1.11 bits per heavy atom. The molecule has 35 heavy (non-hydrogen) atoms. The molecular weight excluding hydrogens is 465 g/mol. The SMILES string of the molecule is CC.Cc1nc2cnc(N)c(C#Cc3cncc(C(=O)N=C(N)OC(=N)C(F)(F)F)c3)c2nc1C. The molecule has 5 N–H and O–H groups in total. The van der Waals surface area contributed by atoms with Gasteiger partial charge in [-0.3, -0.25) is 15.2 Å². The average Bonchev–Trinajstić information content (AvgIpc) is 2.80. The molecule has 3 heterocycles. The Morgan fingerprint density at radius 3 is 2.43 bits per heavy atom. The molecule has 0 bridgehead atoms. The topological polar surface area (TPSA) is 166 Å². The number of anilines is 1. The zero-order valence-corrected chi connectivity index (χ0v) is 19.2. The van der Waals surface area contributed by atoms with Gasteiger partial charge < -0.3 is 16.2 Å². The molecule has 0 aliphatic carbocycles. The number of nitrogens with two attached hydrogens (primary N) is 2. The number of hydrogen-bond donors (Lipinski definition) is 3. The second-order valence-corrected chi connectivity index (χ2v) is 6.54. The summed E-state index contributed by atoms with van der Waals surface area (Å²) < 4.78 is 41.0. The van der Waals surface area contributed by atoms with Crippen LogP contribution in [0.15, 0.2) is 29.6 Å². The van der Waals surface area contributed by atoms with Gasteiger partial charge in [-0.15, -0.1) is 0 Å². The minimum atomic E-state index is -5.07. The first-order valence-corrected chi connectivity index (χ1v) is 10.0. The molecule has 0 saturated carbocycles. The van der Waals surface area contributed by atoms with Crippen LogP contribution < -0.4 is 11.5 Å². The summed E-state index contributed by atoms with van der Waals surface area (Å²) in [6, 6.07) is 0.155. The van der Waals surface area contributed by atoms with E-state index in [2.05, 4.69) is 41.5 Å². The first kappa shape index (κ1) is 26.7. The summed E-state index contributed by atoms with van der Waals surface area (Å²) in [6.07, 6.45) is -1.12. The number of carbonyl (C=O) groups is 1. The Morgan fingerprint density at radius 2 is 1.77 bits per heavy atom. The Labute approximate surface area is 198 Å². The van der Waals surface area contributed by atoms with Gasteiger partial charge in [0.1, 0.15) is 16.9 Å². The maximum atomic E-state index is 12.3. The fraction of sp³-hybridized carbons (Fsp3) is 0.227. The van der Waals surface area contributed by atoms with Gasteiger partial charge in [0.05, 0.1) is 28.7 Å². The molecule has 0 fully saturated rings. The number of ether oxygens (including phenoxy) is 1. The molecule has 182 valence electrons. The van der Waals surface area contributed by atoms with Gasteiger partial charge >= 0.3 is 6.18 Å². The maximum absolute atomic E-state index is 12.3. The van der Waals surface area contributed by atoms with Gasteiger partial charge in [0.25, 0.3) is 17.8 Å². The number of nitrogens with one attached hydrogen (secondary N) is 1. The number of hydrogen-bond acceptors (Lipinski definition) is 8. The zero-order chi connectivity index (χ0) is 26.3. The summed E-state index contributed by atoms with van der Waals surface area (Å²) in [7, 11) is 0. The highest BCUT2D eigenvalue weighted by molar-refractivity contribution is 6.03. The van der Waals surface area contributed by atoms with E-state index >= 15 is 0 Å². The number of carbonyl (C=O) groups excluding carboxylic acids is 1. The molecule has 3 rings (SSSR count). The molecule has 0 unspecified atom stereocenters. The van der Waals surface area contributed by atoms with Gasteiger partial charge in [0.15, 0.2) is 0 Å². The van der Waals surface area contributed by atoms with Gasteiger partial charge in [0, 0.05) is 18.0 Å². The second-order valence-electron chi connectivity index (χ2n) is 6.54. The predicted octanol–water partition coefficient (Wildman–Crippen LogP) is 3.06. The van der Waals surface area contributed by atoms with Crippen molar-refractivity contribution in [1.82, 2.24) is 19.9 Å². The molecule has 0 aliphatic rings. The first-order valence-electron chi connectivity index (χ1n) is 10.0. The molecule has 0 saturated heterocycles. The number of aromatic nitrogens is 4. The van der Waals surface area contributed by atoms with Crippen molar-refractivity contribution in [2.45, 2.75) is 33.9 Å². The molecule has 0 aliphatic heterocycles. The highest BCUT2D eigenvalue weighted by atomic mass is 19.4. The van der Waals surface area contributed by atoms with Crippen LogP contribution in [0.25, 0.3) is 11.0 Å². The van der Waals surface area contributed by atoms with Crippen molar-refractivity contribution < 1.29 is 22.7 Å². The number of pyridine rings is 2. The Bertz CT molecular complexity index is 1370.